The molecular formula is C27H44FNO3. The zero-order valence-electron chi connectivity index (χ0n) is 21.1. The predicted molar refractivity (Wildman–Crippen MR) is 129 cm³/mol. The molecule has 0 N–H and O–H groups in total. The summed E-state index contributed by atoms with van der Waals surface area (Å²) in [5.41, 5.74) is 1.68. The summed E-state index contributed by atoms with van der Waals surface area (Å²) < 4.78 is 31.4. The average Bonchev–Trinajstić information content (AvgIpc) is 2.74. The molecule has 182 valence electrons. The molecule has 3 rings (SSSR count). The summed E-state index contributed by atoms with van der Waals surface area (Å²) in [6, 6.07) is 4.72. The van der Waals surface area contributed by atoms with Gasteiger partial charge in [-0.1, -0.05) is 26.7 Å². The highest BCUT2D eigenvalue weighted by molar-refractivity contribution is 5.49. The number of alkyl halides is 1. The third kappa shape index (κ3) is 6.60. The van der Waals surface area contributed by atoms with Gasteiger partial charge in [0, 0.05) is 25.7 Å². The number of unbranched alkanes of at least 4 members (excludes halogenated alkanes) is 2. The molecule has 3 atom stereocenters. The molecule has 2 aliphatic rings. The normalized spacial score (nSPS) is 23.7. The molecule has 1 aromatic carbocycles. The fourth-order valence-electron chi connectivity index (χ4n) is 5.50. The van der Waals surface area contributed by atoms with E-state index in [0.717, 1.165) is 63.3 Å². The van der Waals surface area contributed by atoms with Crippen molar-refractivity contribution >= 4 is 0 Å². The maximum atomic E-state index is 13.7. The summed E-state index contributed by atoms with van der Waals surface area (Å²) in [4.78, 5) is 2.66. The van der Waals surface area contributed by atoms with Crippen molar-refractivity contribution in [1.82, 2.24) is 4.90 Å². The minimum Gasteiger partial charge on any atom is -0.493 e. The van der Waals surface area contributed by atoms with Crippen LogP contribution in [0.5, 0.6) is 11.5 Å². The van der Waals surface area contributed by atoms with Crippen LogP contribution in [0.3, 0.4) is 0 Å². The lowest BCUT2D eigenvalue weighted by Gasteiger charge is -2.47. The molecule has 1 aromatic rings. The van der Waals surface area contributed by atoms with E-state index >= 15 is 0 Å². The van der Waals surface area contributed by atoms with Crippen LogP contribution in [-0.2, 0) is 11.2 Å². The first-order valence-electron chi connectivity index (χ1n) is 12.5. The van der Waals surface area contributed by atoms with E-state index in [0.29, 0.717) is 24.3 Å². The molecule has 0 bridgehead atoms. The minimum atomic E-state index is -1.06. The fraction of sp³-hybridized carbons (Fsp3) is 0.778. The molecule has 2 heterocycles. The highest BCUT2D eigenvalue weighted by Crippen LogP contribution is 2.44. The Balaban J connectivity index is 1.67. The lowest BCUT2D eigenvalue weighted by atomic mass is 9.79. The molecule has 1 saturated heterocycles. The number of hydrogen-bond donors (Lipinski definition) is 0. The zero-order valence-corrected chi connectivity index (χ0v) is 21.1. The van der Waals surface area contributed by atoms with E-state index in [-0.39, 0.29) is 6.10 Å². The van der Waals surface area contributed by atoms with Gasteiger partial charge in [0.25, 0.3) is 0 Å². The summed E-state index contributed by atoms with van der Waals surface area (Å²) in [6.07, 6.45) is 7.15. The second-order valence-electron chi connectivity index (χ2n) is 10.7. The van der Waals surface area contributed by atoms with Crippen LogP contribution in [0.1, 0.15) is 83.4 Å². The number of hydrogen-bond acceptors (Lipinski definition) is 4. The average molecular weight is 450 g/mol. The third-order valence-corrected chi connectivity index (χ3v) is 7.09. The van der Waals surface area contributed by atoms with Gasteiger partial charge in [-0.05, 0) is 81.0 Å². The smallest absolute Gasteiger partial charge is 0.161 e. The van der Waals surface area contributed by atoms with E-state index < -0.39 is 5.67 Å². The number of piperidine rings is 1. The topological polar surface area (TPSA) is 30.9 Å². The molecule has 0 radical (unpaired) electrons. The van der Waals surface area contributed by atoms with Crippen LogP contribution in [0.2, 0.25) is 0 Å². The van der Waals surface area contributed by atoms with Crippen molar-refractivity contribution in [3.63, 3.8) is 0 Å². The Hall–Kier alpha value is -1.33. The van der Waals surface area contributed by atoms with Crippen molar-refractivity contribution in [2.75, 3.05) is 33.9 Å². The number of benzene rings is 1. The SMILES string of the molecule is COc1cc2c(cc1OC)[C@@H]1C[C@H](OCCCCCC(C)(C)F)[C@@H](CC(C)C)CN1CC2. The van der Waals surface area contributed by atoms with Crippen LogP contribution < -0.4 is 9.47 Å². The van der Waals surface area contributed by atoms with Gasteiger partial charge in [-0.15, -0.1) is 0 Å². The largest absolute Gasteiger partial charge is 0.493 e. The third-order valence-electron chi connectivity index (χ3n) is 7.09. The molecule has 1 fully saturated rings. The van der Waals surface area contributed by atoms with Crippen molar-refractivity contribution in [3.8, 4) is 11.5 Å². The molecule has 0 aliphatic carbocycles. The van der Waals surface area contributed by atoms with Crippen LogP contribution in [0.25, 0.3) is 0 Å². The molecular weight excluding hydrogens is 405 g/mol. The molecule has 0 amide bonds. The molecule has 0 saturated carbocycles. The summed E-state index contributed by atoms with van der Waals surface area (Å²) >= 11 is 0. The second-order valence-corrected chi connectivity index (χ2v) is 10.7. The quantitative estimate of drug-likeness (QED) is 0.368. The van der Waals surface area contributed by atoms with E-state index in [4.69, 9.17) is 14.2 Å². The Bertz CT molecular complexity index is 730. The van der Waals surface area contributed by atoms with Gasteiger partial charge in [-0.25, -0.2) is 4.39 Å². The monoisotopic (exact) mass is 449 g/mol. The Labute approximate surface area is 194 Å². The van der Waals surface area contributed by atoms with Gasteiger partial charge < -0.3 is 14.2 Å². The maximum Gasteiger partial charge on any atom is 0.161 e. The van der Waals surface area contributed by atoms with E-state index in [1.54, 1.807) is 28.1 Å². The van der Waals surface area contributed by atoms with E-state index in [1.165, 1.54) is 17.5 Å². The van der Waals surface area contributed by atoms with Crippen molar-refractivity contribution < 1.29 is 18.6 Å². The minimum absolute atomic E-state index is 0.273. The number of methoxy groups -OCH3 is 2. The van der Waals surface area contributed by atoms with Gasteiger partial charge in [0.1, 0.15) is 5.67 Å². The van der Waals surface area contributed by atoms with Crippen LogP contribution >= 0.6 is 0 Å². The second kappa shape index (κ2) is 11.2. The van der Waals surface area contributed by atoms with E-state index in [2.05, 4.69) is 30.9 Å². The molecule has 5 heteroatoms. The molecule has 0 aromatic heterocycles. The van der Waals surface area contributed by atoms with Crippen LogP contribution in [0.15, 0.2) is 12.1 Å². The Morgan fingerprint density at radius 1 is 1.09 bits per heavy atom. The molecule has 0 unspecified atom stereocenters. The summed E-state index contributed by atoms with van der Waals surface area (Å²) in [5.74, 6) is 2.86. The lowest BCUT2D eigenvalue weighted by Crippen LogP contribution is -2.49. The lowest BCUT2D eigenvalue weighted by molar-refractivity contribution is -0.0648. The predicted octanol–water partition coefficient (Wildman–Crippen LogP) is 6.36. The summed E-state index contributed by atoms with van der Waals surface area (Å²) in [5, 5.41) is 0. The van der Waals surface area contributed by atoms with Gasteiger partial charge in [0.15, 0.2) is 11.5 Å². The maximum absolute atomic E-state index is 13.7. The van der Waals surface area contributed by atoms with Gasteiger partial charge >= 0.3 is 0 Å². The Kier molecular flexibility index (Phi) is 8.85. The van der Waals surface area contributed by atoms with Crippen molar-refractivity contribution in [3.05, 3.63) is 23.3 Å². The first kappa shape index (κ1) is 25.3. The highest BCUT2D eigenvalue weighted by atomic mass is 19.1. The Morgan fingerprint density at radius 3 is 2.47 bits per heavy atom. The number of ether oxygens (including phenoxy) is 3. The van der Waals surface area contributed by atoms with E-state index in [1.807, 2.05) is 0 Å². The first-order chi connectivity index (χ1) is 15.2. The molecule has 2 aliphatic heterocycles. The van der Waals surface area contributed by atoms with E-state index in [9.17, 15) is 4.39 Å². The van der Waals surface area contributed by atoms with Crippen molar-refractivity contribution in [2.45, 2.75) is 90.5 Å². The van der Waals surface area contributed by atoms with Crippen LogP contribution in [0.4, 0.5) is 4.39 Å². The zero-order chi connectivity index (χ0) is 23.3. The first-order valence-corrected chi connectivity index (χ1v) is 12.5. The number of fused-ring (bicyclic) bond motifs is 3. The van der Waals surface area contributed by atoms with Gasteiger partial charge in [0.2, 0.25) is 0 Å². The summed E-state index contributed by atoms with van der Waals surface area (Å²) in [6.45, 7) is 10.9. The summed E-state index contributed by atoms with van der Waals surface area (Å²) in [7, 11) is 3.41. The van der Waals surface area contributed by atoms with Gasteiger partial charge in [0.05, 0.1) is 20.3 Å². The van der Waals surface area contributed by atoms with Gasteiger partial charge in [-0.3, -0.25) is 4.90 Å². The standard InChI is InChI=1S/C27H44FNO3/c1-19(2)14-21-18-29-12-10-20-15-25(30-5)26(31-6)16-22(20)23(29)17-24(21)32-13-9-7-8-11-27(3,4)28/h15-16,19,21,23-24H,7-14,17-18H2,1-6H3/t21-,23-,24-/m0/s1. The van der Waals surface area contributed by atoms with Gasteiger partial charge in [-0.2, -0.15) is 0 Å². The fourth-order valence-corrected chi connectivity index (χ4v) is 5.50. The Morgan fingerprint density at radius 2 is 1.81 bits per heavy atom. The van der Waals surface area contributed by atoms with Crippen molar-refractivity contribution in [2.24, 2.45) is 11.8 Å². The number of rotatable bonds is 11. The molecule has 0 spiro atoms. The van der Waals surface area contributed by atoms with Crippen molar-refractivity contribution in [1.29, 1.82) is 0 Å². The van der Waals surface area contributed by atoms with Crippen LogP contribution in [-0.4, -0.2) is 50.6 Å². The molecule has 4 nitrogen and oxygen atoms in total. The number of halogens is 1. The highest BCUT2D eigenvalue weighted by Gasteiger charge is 2.40. The van der Waals surface area contributed by atoms with Crippen LogP contribution in [0, 0.1) is 11.8 Å². The molecule has 32 heavy (non-hydrogen) atoms. The number of nitrogens with zero attached hydrogens (tertiary/aromatic N) is 1.